The zero-order valence-electron chi connectivity index (χ0n) is 15.2. The van der Waals surface area contributed by atoms with Crippen LogP contribution in [0.1, 0.15) is 21.5 Å². The molecule has 0 aliphatic carbocycles. The Morgan fingerprint density at radius 3 is 2.74 bits per heavy atom. The van der Waals surface area contributed by atoms with Crippen molar-refractivity contribution in [2.75, 3.05) is 0 Å². The molecule has 0 spiro atoms. The van der Waals surface area contributed by atoms with E-state index in [0.29, 0.717) is 5.56 Å². The lowest BCUT2D eigenvalue weighted by Gasteiger charge is -2.10. The van der Waals surface area contributed by atoms with Gasteiger partial charge in [0, 0.05) is 30.4 Å². The normalized spacial score (nSPS) is 10.9. The second-order valence-corrected chi connectivity index (χ2v) is 6.52. The molecule has 0 bridgehead atoms. The Labute approximate surface area is 157 Å². The standard InChI is InChI=1S/C22H19N3O2/c1-15-8-9-17(20-12-25(2)21-19(20)11-23-14-24-21)18(10-15)22(26)27-13-16-6-4-3-5-7-16/h3-12,14H,13H2,1-2H3. The molecule has 0 fully saturated rings. The number of hydrogen-bond donors (Lipinski definition) is 0. The van der Waals surface area contributed by atoms with Crippen molar-refractivity contribution in [1.29, 1.82) is 0 Å². The van der Waals surface area contributed by atoms with Gasteiger partial charge >= 0.3 is 5.97 Å². The van der Waals surface area contributed by atoms with E-state index in [1.807, 2.05) is 73.3 Å². The summed E-state index contributed by atoms with van der Waals surface area (Å²) < 4.78 is 7.51. The Morgan fingerprint density at radius 1 is 1.11 bits per heavy atom. The van der Waals surface area contributed by atoms with Crippen LogP contribution in [0.5, 0.6) is 0 Å². The summed E-state index contributed by atoms with van der Waals surface area (Å²) in [5.41, 5.74) is 5.06. The van der Waals surface area contributed by atoms with Gasteiger partial charge in [-0.1, -0.05) is 48.0 Å². The van der Waals surface area contributed by atoms with Gasteiger partial charge in [-0.3, -0.25) is 0 Å². The minimum Gasteiger partial charge on any atom is -0.457 e. The lowest BCUT2D eigenvalue weighted by molar-refractivity contribution is 0.0473. The highest BCUT2D eigenvalue weighted by Gasteiger charge is 2.18. The largest absolute Gasteiger partial charge is 0.457 e. The molecule has 2 aromatic carbocycles. The fourth-order valence-corrected chi connectivity index (χ4v) is 3.20. The van der Waals surface area contributed by atoms with Crippen LogP contribution >= 0.6 is 0 Å². The number of rotatable bonds is 4. The first-order valence-corrected chi connectivity index (χ1v) is 8.70. The van der Waals surface area contributed by atoms with Crippen molar-refractivity contribution in [1.82, 2.24) is 14.5 Å². The van der Waals surface area contributed by atoms with Crippen LogP contribution in [0.4, 0.5) is 0 Å². The van der Waals surface area contributed by atoms with Crippen LogP contribution in [0.3, 0.4) is 0 Å². The molecule has 134 valence electrons. The lowest BCUT2D eigenvalue weighted by atomic mass is 9.98. The minimum absolute atomic E-state index is 0.242. The quantitative estimate of drug-likeness (QED) is 0.511. The van der Waals surface area contributed by atoms with E-state index in [1.165, 1.54) is 6.33 Å². The third kappa shape index (κ3) is 3.31. The number of ether oxygens (including phenoxy) is 1. The van der Waals surface area contributed by atoms with E-state index in [-0.39, 0.29) is 12.6 Å². The van der Waals surface area contributed by atoms with E-state index < -0.39 is 0 Å². The van der Waals surface area contributed by atoms with Gasteiger partial charge in [0.25, 0.3) is 0 Å². The van der Waals surface area contributed by atoms with E-state index in [0.717, 1.165) is 33.3 Å². The molecule has 0 atom stereocenters. The van der Waals surface area contributed by atoms with Crippen molar-refractivity contribution in [3.05, 3.63) is 83.9 Å². The van der Waals surface area contributed by atoms with Gasteiger partial charge in [-0.25, -0.2) is 14.8 Å². The average Bonchev–Trinajstić information content (AvgIpc) is 3.04. The lowest BCUT2D eigenvalue weighted by Crippen LogP contribution is -2.07. The van der Waals surface area contributed by atoms with E-state index in [1.54, 1.807) is 6.20 Å². The van der Waals surface area contributed by atoms with Crippen LogP contribution < -0.4 is 0 Å². The van der Waals surface area contributed by atoms with Crippen molar-refractivity contribution in [3.8, 4) is 11.1 Å². The van der Waals surface area contributed by atoms with Gasteiger partial charge in [-0.05, 0) is 24.1 Å². The van der Waals surface area contributed by atoms with Crippen molar-refractivity contribution in [2.45, 2.75) is 13.5 Å². The number of fused-ring (bicyclic) bond motifs is 1. The molecule has 0 saturated carbocycles. The van der Waals surface area contributed by atoms with E-state index >= 15 is 0 Å². The Bertz CT molecular complexity index is 1120. The highest BCUT2D eigenvalue weighted by atomic mass is 16.5. The summed E-state index contributed by atoms with van der Waals surface area (Å²) in [6.45, 7) is 2.20. The van der Waals surface area contributed by atoms with Crippen LogP contribution in [0, 0.1) is 6.92 Å². The first-order valence-electron chi connectivity index (χ1n) is 8.70. The Morgan fingerprint density at radius 2 is 1.93 bits per heavy atom. The van der Waals surface area contributed by atoms with Crippen LogP contribution in [0.25, 0.3) is 22.2 Å². The predicted octanol–water partition coefficient (Wildman–Crippen LogP) is 4.30. The molecule has 2 aromatic heterocycles. The number of carbonyl (C=O) groups excluding carboxylic acids is 1. The highest BCUT2D eigenvalue weighted by Crippen LogP contribution is 2.32. The average molecular weight is 357 g/mol. The molecule has 0 saturated heterocycles. The van der Waals surface area contributed by atoms with Gasteiger partial charge in [-0.2, -0.15) is 0 Å². The Balaban J connectivity index is 1.73. The maximum atomic E-state index is 12.8. The van der Waals surface area contributed by atoms with E-state index in [2.05, 4.69) is 9.97 Å². The number of esters is 1. The van der Waals surface area contributed by atoms with Gasteiger partial charge in [0.2, 0.25) is 0 Å². The van der Waals surface area contributed by atoms with E-state index in [9.17, 15) is 4.79 Å². The summed E-state index contributed by atoms with van der Waals surface area (Å²) in [4.78, 5) is 21.3. The minimum atomic E-state index is -0.341. The second kappa shape index (κ2) is 7.03. The Hall–Kier alpha value is -3.47. The van der Waals surface area contributed by atoms with Crippen molar-refractivity contribution >= 4 is 17.0 Å². The second-order valence-electron chi connectivity index (χ2n) is 6.52. The predicted molar refractivity (Wildman–Crippen MR) is 104 cm³/mol. The molecular formula is C22H19N3O2. The van der Waals surface area contributed by atoms with Gasteiger partial charge in [0.1, 0.15) is 18.6 Å². The number of aryl methyl sites for hydroxylation is 2. The molecule has 0 aliphatic heterocycles. The number of nitrogens with zero attached hydrogens (tertiary/aromatic N) is 3. The molecule has 5 nitrogen and oxygen atoms in total. The summed E-state index contributed by atoms with van der Waals surface area (Å²) in [5, 5.41) is 0.904. The zero-order chi connectivity index (χ0) is 18.8. The zero-order valence-corrected chi connectivity index (χ0v) is 15.2. The maximum Gasteiger partial charge on any atom is 0.339 e. The monoisotopic (exact) mass is 357 g/mol. The molecule has 4 rings (SSSR count). The number of aromatic nitrogens is 3. The fraction of sp³-hybridized carbons (Fsp3) is 0.136. The number of carbonyl (C=O) groups is 1. The van der Waals surface area contributed by atoms with Crippen LogP contribution in [0.15, 0.2) is 67.3 Å². The van der Waals surface area contributed by atoms with Crippen molar-refractivity contribution in [3.63, 3.8) is 0 Å². The molecule has 0 amide bonds. The van der Waals surface area contributed by atoms with Gasteiger partial charge in [0.05, 0.1) is 5.56 Å². The third-order valence-corrected chi connectivity index (χ3v) is 4.54. The molecule has 4 aromatic rings. The topological polar surface area (TPSA) is 57.0 Å². The summed E-state index contributed by atoms with van der Waals surface area (Å²) in [6, 6.07) is 15.5. The van der Waals surface area contributed by atoms with Crippen molar-refractivity contribution < 1.29 is 9.53 Å². The van der Waals surface area contributed by atoms with Gasteiger partial charge in [-0.15, -0.1) is 0 Å². The van der Waals surface area contributed by atoms with Crippen molar-refractivity contribution in [2.24, 2.45) is 7.05 Å². The van der Waals surface area contributed by atoms with Gasteiger partial charge in [0.15, 0.2) is 0 Å². The smallest absolute Gasteiger partial charge is 0.339 e. The molecule has 0 aliphatic rings. The fourth-order valence-electron chi connectivity index (χ4n) is 3.20. The summed E-state index contributed by atoms with van der Waals surface area (Å²) in [6.07, 6.45) is 5.27. The van der Waals surface area contributed by atoms with Gasteiger partial charge < -0.3 is 9.30 Å². The molecular weight excluding hydrogens is 338 g/mol. The molecule has 27 heavy (non-hydrogen) atoms. The highest BCUT2D eigenvalue weighted by molar-refractivity contribution is 6.03. The third-order valence-electron chi connectivity index (χ3n) is 4.54. The molecule has 0 N–H and O–H groups in total. The SMILES string of the molecule is Cc1ccc(-c2cn(C)c3ncncc23)c(C(=O)OCc2ccccc2)c1. The summed E-state index contributed by atoms with van der Waals surface area (Å²) in [7, 11) is 1.93. The molecule has 2 heterocycles. The molecule has 0 radical (unpaired) electrons. The van der Waals surface area contributed by atoms with Crippen LogP contribution in [0.2, 0.25) is 0 Å². The number of benzene rings is 2. The molecule has 0 unspecified atom stereocenters. The van der Waals surface area contributed by atoms with Crippen LogP contribution in [-0.2, 0) is 18.4 Å². The summed E-state index contributed by atoms with van der Waals surface area (Å²) in [5.74, 6) is -0.341. The first kappa shape index (κ1) is 17.0. The number of hydrogen-bond acceptors (Lipinski definition) is 4. The van der Waals surface area contributed by atoms with E-state index in [4.69, 9.17) is 4.74 Å². The maximum absolute atomic E-state index is 12.8. The Kier molecular flexibility index (Phi) is 4.42. The molecule has 5 heteroatoms. The summed E-state index contributed by atoms with van der Waals surface area (Å²) >= 11 is 0. The first-order chi connectivity index (χ1) is 13.1. The van der Waals surface area contributed by atoms with Crippen LogP contribution in [-0.4, -0.2) is 20.5 Å².